The van der Waals surface area contributed by atoms with Crippen LogP contribution >= 0.6 is 11.8 Å². The summed E-state index contributed by atoms with van der Waals surface area (Å²) in [5.41, 5.74) is 0. The minimum Gasteiger partial charge on any atom is -0.483 e. The van der Waals surface area contributed by atoms with Crippen molar-refractivity contribution < 1.29 is 13.9 Å². The number of hydrogen-bond acceptors (Lipinski definition) is 5. The first-order valence-corrected chi connectivity index (χ1v) is 13.3. The van der Waals surface area contributed by atoms with Gasteiger partial charge in [-0.25, -0.2) is 4.39 Å². The maximum atomic E-state index is 14.1. The minimum atomic E-state index is -0.383. The predicted octanol–water partition coefficient (Wildman–Crippen LogP) is 5.10. The summed E-state index contributed by atoms with van der Waals surface area (Å²) in [5.74, 6) is 3.25. The maximum Gasteiger partial charge on any atom is 0.233 e. The molecule has 1 saturated heterocycles. The standard InChI is InChI=1S/C25H33FN4O2S/c1-17(20-14-18-9-10-19(20)13-18)30-23(15-32-22-8-4-3-7-21(22)26)27-28-25(30)33-16-24(31)29-11-5-2-6-12-29/h3-4,7-8,17-20H,2,5-6,9-16H2,1H3. The molecule has 8 heteroatoms. The van der Waals surface area contributed by atoms with Crippen LogP contribution in [-0.2, 0) is 11.4 Å². The molecule has 2 aromatic rings. The number of benzene rings is 1. The van der Waals surface area contributed by atoms with Crippen molar-refractivity contribution >= 4 is 17.7 Å². The van der Waals surface area contributed by atoms with Crippen LogP contribution in [0.2, 0.25) is 0 Å². The number of aromatic nitrogens is 3. The van der Waals surface area contributed by atoms with Crippen molar-refractivity contribution in [3.05, 3.63) is 35.9 Å². The third kappa shape index (κ3) is 4.91. The average Bonchev–Trinajstić information content (AvgIpc) is 3.58. The number of hydrogen-bond donors (Lipinski definition) is 0. The highest BCUT2D eigenvalue weighted by Gasteiger charge is 2.43. The lowest BCUT2D eigenvalue weighted by molar-refractivity contribution is -0.129. The third-order valence-corrected chi connectivity index (χ3v) is 8.71. The molecule has 0 spiro atoms. The molecule has 2 heterocycles. The Labute approximate surface area is 199 Å². The van der Waals surface area contributed by atoms with Gasteiger partial charge in [0.25, 0.3) is 0 Å². The van der Waals surface area contributed by atoms with Crippen molar-refractivity contribution in [3.63, 3.8) is 0 Å². The molecule has 4 unspecified atom stereocenters. The number of fused-ring (bicyclic) bond motifs is 2. The Morgan fingerprint density at radius 1 is 1.18 bits per heavy atom. The molecule has 4 atom stereocenters. The fourth-order valence-corrected chi connectivity index (χ4v) is 7.00. The number of halogens is 1. The fraction of sp³-hybridized carbons (Fsp3) is 0.640. The van der Waals surface area contributed by atoms with Crippen LogP contribution < -0.4 is 4.74 Å². The Morgan fingerprint density at radius 2 is 2.00 bits per heavy atom. The molecule has 1 amide bonds. The number of nitrogens with zero attached hydrogens (tertiary/aromatic N) is 4. The molecule has 2 saturated carbocycles. The molecule has 1 aliphatic heterocycles. The molecule has 2 aliphatic carbocycles. The summed E-state index contributed by atoms with van der Waals surface area (Å²) in [6.45, 7) is 4.11. The van der Waals surface area contributed by atoms with E-state index >= 15 is 0 Å². The number of amides is 1. The normalized spacial score (nSPS) is 25.4. The van der Waals surface area contributed by atoms with Crippen LogP contribution in [0.4, 0.5) is 4.39 Å². The molecule has 0 N–H and O–H groups in total. The largest absolute Gasteiger partial charge is 0.483 e. The zero-order valence-corrected chi connectivity index (χ0v) is 20.1. The maximum absolute atomic E-state index is 14.1. The van der Waals surface area contributed by atoms with Crippen molar-refractivity contribution in [1.29, 1.82) is 0 Å². The second kappa shape index (κ2) is 10.0. The molecule has 2 bridgehead atoms. The number of ether oxygens (including phenoxy) is 1. The summed E-state index contributed by atoms with van der Waals surface area (Å²) in [4.78, 5) is 14.7. The Morgan fingerprint density at radius 3 is 2.73 bits per heavy atom. The van der Waals surface area contributed by atoms with Crippen LogP contribution in [-0.4, -0.2) is 44.4 Å². The summed E-state index contributed by atoms with van der Waals surface area (Å²) in [6, 6.07) is 6.65. The van der Waals surface area contributed by atoms with Crippen LogP contribution in [0.15, 0.2) is 29.4 Å². The highest BCUT2D eigenvalue weighted by molar-refractivity contribution is 7.99. The molecule has 1 aromatic heterocycles. The Kier molecular flexibility index (Phi) is 6.90. The van der Waals surface area contributed by atoms with Gasteiger partial charge in [-0.3, -0.25) is 9.36 Å². The zero-order valence-electron chi connectivity index (χ0n) is 19.3. The molecule has 1 aromatic carbocycles. The van der Waals surface area contributed by atoms with E-state index in [1.165, 1.54) is 49.9 Å². The lowest BCUT2D eigenvalue weighted by Gasteiger charge is -2.30. The van der Waals surface area contributed by atoms with Crippen molar-refractivity contribution in [1.82, 2.24) is 19.7 Å². The van der Waals surface area contributed by atoms with Crippen molar-refractivity contribution in [2.75, 3.05) is 18.8 Å². The first-order chi connectivity index (χ1) is 16.1. The van der Waals surface area contributed by atoms with Gasteiger partial charge < -0.3 is 9.64 Å². The van der Waals surface area contributed by atoms with Crippen molar-refractivity contribution in [2.45, 2.75) is 69.7 Å². The van der Waals surface area contributed by atoms with Crippen LogP contribution in [0.25, 0.3) is 0 Å². The fourth-order valence-electron chi connectivity index (χ4n) is 6.05. The smallest absolute Gasteiger partial charge is 0.233 e. The van der Waals surface area contributed by atoms with Gasteiger partial charge in [0.15, 0.2) is 22.5 Å². The predicted molar refractivity (Wildman–Crippen MR) is 126 cm³/mol. The van der Waals surface area contributed by atoms with Gasteiger partial charge in [-0.1, -0.05) is 30.3 Å². The molecule has 5 rings (SSSR count). The quantitative estimate of drug-likeness (QED) is 0.501. The van der Waals surface area contributed by atoms with E-state index < -0.39 is 0 Å². The lowest BCUT2D eigenvalue weighted by atomic mass is 9.84. The number of piperidine rings is 1. The lowest BCUT2D eigenvalue weighted by Crippen LogP contribution is -2.36. The Bertz CT molecular complexity index is 977. The molecule has 0 radical (unpaired) electrons. The summed E-state index contributed by atoms with van der Waals surface area (Å²) < 4.78 is 22.0. The van der Waals surface area contributed by atoms with E-state index in [-0.39, 0.29) is 30.1 Å². The number of rotatable bonds is 8. The van der Waals surface area contributed by atoms with Gasteiger partial charge in [0.05, 0.1) is 5.75 Å². The highest BCUT2D eigenvalue weighted by atomic mass is 32.2. The first kappa shape index (κ1) is 22.7. The summed E-state index contributed by atoms with van der Waals surface area (Å²) in [7, 11) is 0. The van der Waals surface area contributed by atoms with Gasteiger partial charge in [0, 0.05) is 19.1 Å². The number of para-hydroxylation sites is 1. The van der Waals surface area contributed by atoms with E-state index in [1.54, 1.807) is 18.2 Å². The molecule has 33 heavy (non-hydrogen) atoms. The first-order valence-electron chi connectivity index (χ1n) is 12.3. The number of carbonyl (C=O) groups excluding carboxylic acids is 1. The van der Waals surface area contributed by atoms with E-state index in [0.717, 1.165) is 42.9 Å². The summed E-state index contributed by atoms with van der Waals surface area (Å²) >= 11 is 1.47. The van der Waals surface area contributed by atoms with E-state index in [2.05, 4.69) is 21.7 Å². The average molecular weight is 473 g/mol. The zero-order chi connectivity index (χ0) is 22.8. The summed E-state index contributed by atoms with van der Waals surface area (Å²) in [5, 5.41) is 9.65. The van der Waals surface area contributed by atoms with Gasteiger partial charge in [0.2, 0.25) is 5.91 Å². The van der Waals surface area contributed by atoms with Crippen LogP contribution in [0.1, 0.15) is 63.7 Å². The SMILES string of the molecule is CC(C1CC2CCC1C2)n1c(COc2ccccc2F)nnc1SCC(=O)N1CCCCC1. The van der Waals surface area contributed by atoms with Gasteiger partial charge in [-0.2, -0.15) is 0 Å². The second-order valence-corrected chi connectivity index (χ2v) is 10.7. The monoisotopic (exact) mass is 472 g/mol. The van der Waals surface area contributed by atoms with Gasteiger partial charge in [0.1, 0.15) is 6.61 Å². The number of carbonyl (C=O) groups is 1. The molecule has 3 fully saturated rings. The molecule has 178 valence electrons. The van der Waals surface area contributed by atoms with E-state index in [9.17, 15) is 9.18 Å². The van der Waals surface area contributed by atoms with Gasteiger partial charge in [-0.05, 0) is 75.3 Å². The van der Waals surface area contributed by atoms with E-state index in [1.807, 2.05) is 4.90 Å². The van der Waals surface area contributed by atoms with Crippen molar-refractivity contribution in [2.24, 2.45) is 17.8 Å². The third-order valence-electron chi connectivity index (χ3n) is 7.78. The van der Waals surface area contributed by atoms with Gasteiger partial charge in [-0.15, -0.1) is 10.2 Å². The second-order valence-electron chi connectivity index (χ2n) is 9.80. The van der Waals surface area contributed by atoms with Crippen LogP contribution in [0.3, 0.4) is 0 Å². The topological polar surface area (TPSA) is 60.2 Å². The molecular formula is C25H33FN4O2S. The van der Waals surface area contributed by atoms with E-state index in [4.69, 9.17) is 4.74 Å². The Hall–Kier alpha value is -2.09. The van der Waals surface area contributed by atoms with E-state index in [0.29, 0.717) is 17.5 Å². The Balaban J connectivity index is 1.33. The number of thioether (sulfide) groups is 1. The molecule has 6 nitrogen and oxygen atoms in total. The van der Waals surface area contributed by atoms with Gasteiger partial charge >= 0.3 is 0 Å². The molecular weight excluding hydrogens is 439 g/mol. The minimum absolute atomic E-state index is 0.153. The highest BCUT2D eigenvalue weighted by Crippen LogP contribution is 2.52. The number of likely N-dealkylation sites (tertiary alicyclic amines) is 1. The molecule has 3 aliphatic rings. The summed E-state index contributed by atoms with van der Waals surface area (Å²) in [6.07, 6.45) is 8.61. The van der Waals surface area contributed by atoms with Crippen LogP contribution in [0.5, 0.6) is 5.75 Å². The van der Waals surface area contributed by atoms with Crippen LogP contribution in [0, 0.1) is 23.6 Å². The van der Waals surface area contributed by atoms with Crippen molar-refractivity contribution in [3.8, 4) is 5.75 Å².